The summed E-state index contributed by atoms with van der Waals surface area (Å²) in [7, 11) is -3.37. The maximum atomic E-state index is 13.3. The van der Waals surface area contributed by atoms with Crippen LogP contribution in [-0.4, -0.2) is 53.9 Å². The molecule has 1 amide bonds. The Morgan fingerprint density at radius 2 is 1.76 bits per heavy atom. The zero-order chi connectivity index (χ0) is 30.1. The van der Waals surface area contributed by atoms with Gasteiger partial charge >= 0.3 is 6.18 Å². The zero-order valence-corrected chi connectivity index (χ0v) is 24.8. The number of nitrogens with zero attached hydrogens (tertiary/aromatic N) is 2. The monoisotopic (exact) mass is 595 g/mol. The van der Waals surface area contributed by atoms with Gasteiger partial charge in [0.15, 0.2) is 9.84 Å². The van der Waals surface area contributed by atoms with Crippen molar-refractivity contribution in [2.24, 2.45) is 17.8 Å². The lowest BCUT2D eigenvalue weighted by Crippen LogP contribution is -2.35. The molecule has 1 aliphatic carbocycles. The fourth-order valence-corrected chi connectivity index (χ4v) is 7.09. The third kappa shape index (κ3) is 7.11. The first-order valence-corrected chi connectivity index (χ1v) is 16.0. The molecule has 1 aliphatic heterocycles. The van der Waals surface area contributed by atoms with Crippen LogP contribution in [0.1, 0.15) is 92.6 Å². The van der Waals surface area contributed by atoms with Crippen LogP contribution in [0.5, 0.6) is 0 Å². The lowest BCUT2D eigenvalue weighted by molar-refractivity contribution is -0.184. The largest absolute Gasteiger partial charge is 0.391 e. The van der Waals surface area contributed by atoms with E-state index in [0.29, 0.717) is 37.1 Å². The molecule has 4 rings (SSSR count). The van der Waals surface area contributed by atoms with Gasteiger partial charge in [0.2, 0.25) is 0 Å². The van der Waals surface area contributed by atoms with E-state index in [4.69, 9.17) is 0 Å². The average Bonchev–Trinajstić information content (AvgIpc) is 3.28. The molecule has 1 aromatic heterocycles. The minimum Gasteiger partial charge on any atom is -0.391 e. The molecule has 1 saturated carbocycles. The van der Waals surface area contributed by atoms with Crippen LogP contribution in [0.4, 0.5) is 13.2 Å². The minimum atomic E-state index is -4.12. The first-order valence-electron chi connectivity index (χ1n) is 14.3. The first-order chi connectivity index (χ1) is 19.2. The fourth-order valence-electron chi connectivity index (χ4n) is 6.20. The van der Waals surface area contributed by atoms with Gasteiger partial charge in [-0.05, 0) is 73.8 Å². The van der Waals surface area contributed by atoms with Gasteiger partial charge in [0.1, 0.15) is 0 Å². The maximum Gasteiger partial charge on any atom is 0.391 e. The van der Waals surface area contributed by atoms with Gasteiger partial charge in [-0.1, -0.05) is 32.9 Å². The van der Waals surface area contributed by atoms with Crippen molar-refractivity contribution in [3.8, 4) is 0 Å². The first kappa shape index (κ1) is 31.4. The molecule has 0 saturated heterocycles. The number of halogens is 3. The van der Waals surface area contributed by atoms with Crippen LogP contribution >= 0.6 is 0 Å². The molecule has 0 bridgehead atoms. The van der Waals surface area contributed by atoms with Crippen LogP contribution in [0, 0.1) is 17.8 Å². The number of aliphatic hydroxyl groups is 1. The highest BCUT2D eigenvalue weighted by Crippen LogP contribution is 2.43. The molecule has 2 aliphatic rings. The van der Waals surface area contributed by atoms with Crippen molar-refractivity contribution >= 4 is 15.7 Å². The number of carbonyl (C=O) groups excluding carboxylic acids is 1. The lowest BCUT2D eigenvalue weighted by atomic mass is 9.81. The Morgan fingerprint density at radius 3 is 2.29 bits per heavy atom. The number of fused-ring (bicyclic) bond motifs is 1. The number of pyridine rings is 1. The van der Waals surface area contributed by atoms with Gasteiger partial charge < -0.3 is 10.4 Å². The highest BCUT2D eigenvalue weighted by Gasteiger charge is 2.42. The van der Waals surface area contributed by atoms with Crippen LogP contribution in [0.15, 0.2) is 41.4 Å². The number of rotatable bonds is 9. The summed E-state index contributed by atoms with van der Waals surface area (Å²) >= 11 is 0. The molecule has 11 heteroatoms. The molecule has 2 aromatic rings. The van der Waals surface area contributed by atoms with Crippen LogP contribution in [0.25, 0.3) is 0 Å². The molecule has 1 fully saturated rings. The summed E-state index contributed by atoms with van der Waals surface area (Å²) in [6.07, 6.45) is -2.09. The van der Waals surface area contributed by atoms with Gasteiger partial charge in [-0.25, -0.2) is 8.42 Å². The SMILES string of the molecule is CCS(=O)(=O)c1ccc([C@@H](NC(=O)c2cnc3c(c2)CN(C[C@H]2CC[C@H](C(F)(F)F)CC2)[C@H]3C(C)C)[C@H](C)O)cc1. The molecule has 3 atom stereocenters. The fraction of sp³-hybridized carbons (Fsp3) is 0.600. The molecule has 7 nitrogen and oxygen atoms in total. The quantitative estimate of drug-likeness (QED) is 0.391. The van der Waals surface area contributed by atoms with E-state index in [-0.39, 0.29) is 41.4 Å². The Kier molecular flexibility index (Phi) is 9.50. The van der Waals surface area contributed by atoms with E-state index in [1.165, 1.54) is 18.3 Å². The predicted octanol–water partition coefficient (Wildman–Crippen LogP) is 5.61. The number of aliphatic hydroxyl groups excluding tert-OH is 1. The molecule has 0 radical (unpaired) electrons. The van der Waals surface area contributed by atoms with Gasteiger partial charge in [0.05, 0.1) is 46.0 Å². The second-order valence-electron chi connectivity index (χ2n) is 11.8. The summed E-state index contributed by atoms with van der Waals surface area (Å²) in [5.74, 6) is -1.22. The van der Waals surface area contributed by atoms with Crippen LogP contribution < -0.4 is 5.32 Å². The smallest absolute Gasteiger partial charge is 0.391 e. The Morgan fingerprint density at radius 1 is 1.12 bits per heavy atom. The Hall–Kier alpha value is -2.50. The van der Waals surface area contributed by atoms with Crippen molar-refractivity contribution < 1.29 is 31.5 Å². The third-order valence-corrected chi connectivity index (χ3v) is 10.2. The average molecular weight is 596 g/mol. The summed E-state index contributed by atoms with van der Waals surface area (Å²) < 4.78 is 63.7. The van der Waals surface area contributed by atoms with E-state index < -0.39 is 40.0 Å². The van der Waals surface area contributed by atoms with E-state index in [2.05, 4.69) is 29.0 Å². The van der Waals surface area contributed by atoms with Crippen molar-refractivity contribution in [3.63, 3.8) is 0 Å². The van der Waals surface area contributed by atoms with Gasteiger partial charge in [-0.2, -0.15) is 13.2 Å². The number of amides is 1. The second-order valence-corrected chi connectivity index (χ2v) is 14.1. The number of benzene rings is 1. The summed E-state index contributed by atoms with van der Waals surface area (Å²) in [5.41, 5.74) is 2.72. The van der Waals surface area contributed by atoms with E-state index in [9.17, 15) is 31.5 Å². The minimum absolute atomic E-state index is 0.0191. The number of aromatic nitrogens is 1. The second kappa shape index (κ2) is 12.4. The van der Waals surface area contributed by atoms with Crippen molar-refractivity contribution in [2.45, 2.75) is 89.2 Å². The number of hydrogen-bond donors (Lipinski definition) is 2. The molecule has 41 heavy (non-hydrogen) atoms. The van der Waals surface area contributed by atoms with E-state index in [0.717, 1.165) is 11.3 Å². The van der Waals surface area contributed by atoms with Gasteiger partial charge in [-0.15, -0.1) is 0 Å². The zero-order valence-electron chi connectivity index (χ0n) is 24.0. The predicted molar refractivity (Wildman–Crippen MR) is 150 cm³/mol. The molecule has 0 unspecified atom stereocenters. The molecule has 0 spiro atoms. The Bertz CT molecular complexity index is 1320. The lowest BCUT2D eigenvalue weighted by Gasteiger charge is -2.35. The Balaban J connectivity index is 1.47. The standard InChI is InChI=1S/C30H40F3N3O4S/c1-5-41(39,40)25-12-8-21(9-13-25)26(19(4)37)35-29(38)22-14-23-17-36(28(18(2)3)27(23)34-15-22)16-20-6-10-24(11-7-20)30(31,32)33/h8-9,12-15,18-20,24,26,28,37H,5-7,10-11,16-17H2,1-4H3,(H,35,38)/t19-,20-,24-,26-,28-/m0/s1. The number of hydrogen-bond acceptors (Lipinski definition) is 6. The summed E-state index contributed by atoms with van der Waals surface area (Å²) in [4.78, 5) is 20.4. The number of alkyl halides is 3. The number of carbonyl (C=O) groups is 1. The van der Waals surface area contributed by atoms with Crippen LogP contribution in [0.2, 0.25) is 0 Å². The van der Waals surface area contributed by atoms with Gasteiger partial charge in [0.25, 0.3) is 5.91 Å². The summed E-state index contributed by atoms with van der Waals surface area (Å²) in [5, 5.41) is 13.3. The maximum absolute atomic E-state index is 13.3. The van der Waals surface area contributed by atoms with Crippen molar-refractivity contribution in [1.82, 2.24) is 15.2 Å². The van der Waals surface area contributed by atoms with Crippen molar-refractivity contribution in [3.05, 3.63) is 58.9 Å². The van der Waals surface area contributed by atoms with Gasteiger partial charge in [0, 0.05) is 19.3 Å². The molecule has 2 heterocycles. The summed E-state index contributed by atoms with van der Waals surface area (Å²) in [6, 6.07) is 7.20. The van der Waals surface area contributed by atoms with E-state index in [1.807, 2.05) is 6.07 Å². The highest BCUT2D eigenvalue weighted by atomic mass is 32.2. The molecule has 226 valence electrons. The molecule has 1 aromatic carbocycles. The normalized spacial score (nSPS) is 23.3. The van der Waals surface area contributed by atoms with E-state index >= 15 is 0 Å². The molecular weight excluding hydrogens is 555 g/mol. The summed E-state index contributed by atoms with van der Waals surface area (Å²) in [6.45, 7) is 8.57. The molecule has 2 N–H and O–H groups in total. The number of sulfone groups is 1. The Labute approximate surface area is 240 Å². The molecular formula is C30H40F3N3O4S. The van der Waals surface area contributed by atoms with Crippen LogP contribution in [-0.2, 0) is 16.4 Å². The van der Waals surface area contributed by atoms with Crippen LogP contribution in [0.3, 0.4) is 0 Å². The third-order valence-electron chi connectivity index (χ3n) is 8.49. The van der Waals surface area contributed by atoms with Gasteiger partial charge in [-0.3, -0.25) is 14.7 Å². The topological polar surface area (TPSA) is 99.6 Å². The highest BCUT2D eigenvalue weighted by molar-refractivity contribution is 7.91. The number of nitrogens with one attached hydrogen (secondary N) is 1. The van der Waals surface area contributed by atoms with Crippen molar-refractivity contribution in [1.29, 1.82) is 0 Å². The van der Waals surface area contributed by atoms with Crippen molar-refractivity contribution in [2.75, 3.05) is 12.3 Å². The van der Waals surface area contributed by atoms with E-state index in [1.54, 1.807) is 26.0 Å².